The van der Waals surface area contributed by atoms with Crippen LogP contribution in [0, 0.1) is 0 Å². The largest absolute Gasteiger partial charge is 0.493 e. The summed E-state index contributed by atoms with van der Waals surface area (Å²) in [6, 6.07) is 2.94. The van der Waals surface area contributed by atoms with E-state index in [-0.39, 0.29) is 29.5 Å². The lowest BCUT2D eigenvalue weighted by atomic mass is 10.2. The van der Waals surface area contributed by atoms with Crippen molar-refractivity contribution in [3.63, 3.8) is 0 Å². The molecule has 2 atom stereocenters. The van der Waals surface area contributed by atoms with Gasteiger partial charge in [0.1, 0.15) is 12.4 Å². The second-order valence-corrected chi connectivity index (χ2v) is 7.74. The Kier molecular flexibility index (Phi) is 8.08. The average molecular weight is 389 g/mol. The van der Waals surface area contributed by atoms with Gasteiger partial charge in [-0.1, -0.05) is 0 Å². The maximum absolute atomic E-state index is 13.0. The monoisotopic (exact) mass is 389 g/mol. The summed E-state index contributed by atoms with van der Waals surface area (Å²) in [5, 5.41) is 11.6. The van der Waals surface area contributed by atoms with Crippen LogP contribution in [0.1, 0.15) is 31.1 Å². The van der Waals surface area contributed by atoms with Gasteiger partial charge in [0.2, 0.25) is 0 Å². The topological polar surface area (TPSA) is 120 Å². The molecule has 0 fully saturated rings. The number of aromatic carboxylic acids is 1. The van der Waals surface area contributed by atoms with Gasteiger partial charge in [0, 0.05) is 7.11 Å². The molecule has 0 radical (unpaired) electrons. The molecule has 0 aliphatic rings. The molecule has 0 spiro atoms. The standard InChI is InChI=1S/C16H24NO8P/c1-10(2)24-16(20)11(3)17-26(21,9-22-4)25-13-7-6-12(15(18)19)8-14(13)23-5/h6-8,10-11H,9H2,1-5H3,(H,17,21)(H,18,19)/t11-,26?/m0/s1. The molecular formula is C16H24NO8P. The molecule has 1 unspecified atom stereocenters. The Labute approximate surface area is 152 Å². The maximum Gasteiger partial charge on any atom is 0.342 e. The van der Waals surface area contributed by atoms with Crippen LogP contribution >= 0.6 is 7.52 Å². The van der Waals surface area contributed by atoms with Crippen LogP contribution in [0.25, 0.3) is 0 Å². The molecule has 2 N–H and O–H groups in total. The molecule has 0 aromatic heterocycles. The number of methoxy groups -OCH3 is 2. The van der Waals surface area contributed by atoms with Crippen molar-refractivity contribution in [1.29, 1.82) is 0 Å². The van der Waals surface area contributed by atoms with E-state index in [0.717, 1.165) is 0 Å². The fourth-order valence-corrected chi connectivity index (χ4v) is 3.66. The molecule has 0 aliphatic heterocycles. The van der Waals surface area contributed by atoms with E-state index in [9.17, 15) is 14.2 Å². The van der Waals surface area contributed by atoms with Crippen molar-refractivity contribution in [3.05, 3.63) is 23.8 Å². The van der Waals surface area contributed by atoms with Gasteiger partial charge in [-0.2, -0.15) is 0 Å². The minimum Gasteiger partial charge on any atom is -0.493 e. The third kappa shape index (κ3) is 6.33. The van der Waals surface area contributed by atoms with Crippen molar-refractivity contribution in [2.45, 2.75) is 32.9 Å². The fraction of sp³-hybridized carbons (Fsp3) is 0.500. The van der Waals surface area contributed by atoms with E-state index in [4.69, 9.17) is 23.8 Å². The highest BCUT2D eigenvalue weighted by atomic mass is 31.2. The molecule has 1 rings (SSSR count). The van der Waals surface area contributed by atoms with Crippen LogP contribution < -0.4 is 14.3 Å². The van der Waals surface area contributed by atoms with E-state index < -0.39 is 25.5 Å². The number of rotatable bonds is 10. The molecule has 1 aromatic rings. The SMILES string of the molecule is COCP(=O)(N[C@@H](C)C(=O)OC(C)C)Oc1ccc(C(=O)O)cc1OC. The van der Waals surface area contributed by atoms with Gasteiger partial charge >= 0.3 is 19.5 Å². The first-order valence-corrected chi connectivity index (χ1v) is 9.60. The zero-order valence-corrected chi connectivity index (χ0v) is 16.2. The van der Waals surface area contributed by atoms with Gasteiger partial charge in [-0.15, -0.1) is 0 Å². The van der Waals surface area contributed by atoms with Crippen molar-refractivity contribution in [2.75, 3.05) is 20.6 Å². The molecule has 0 saturated heterocycles. The summed E-state index contributed by atoms with van der Waals surface area (Å²) in [5.41, 5.74) is -0.0161. The number of carbonyl (C=O) groups excluding carboxylic acids is 1. The summed E-state index contributed by atoms with van der Waals surface area (Å²) in [6.45, 7) is 4.89. The van der Waals surface area contributed by atoms with Gasteiger partial charge in [0.05, 0.1) is 18.8 Å². The Balaban J connectivity index is 3.04. The first-order chi connectivity index (χ1) is 12.1. The van der Waals surface area contributed by atoms with Crippen molar-refractivity contribution in [2.24, 2.45) is 0 Å². The summed E-state index contributed by atoms with van der Waals surface area (Å²) < 4.78 is 33.6. The van der Waals surface area contributed by atoms with E-state index in [2.05, 4.69) is 5.09 Å². The third-order valence-electron chi connectivity index (χ3n) is 3.05. The highest BCUT2D eigenvalue weighted by Gasteiger charge is 2.31. The van der Waals surface area contributed by atoms with Crippen molar-refractivity contribution < 1.29 is 38.0 Å². The number of ether oxygens (including phenoxy) is 3. The zero-order chi connectivity index (χ0) is 19.9. The highest BCUT2D eigenvalue weighted by molar-refractivity contribution is 7.57. The molecule has 0 aliphatic carbocycles. The first kappa shape index (κ1) is 22.0. The number of benzene rings is 1. The minimum absolute atomic E-state index is 0.0161. The number of hydrogen-bond acceptors (Lipinski definition) is 7. The van der Waals surface area contributed by atoms with E-state index in [1.165, 1.54) is 39.3 Å². The minimum atomic E-state index is -3.67. The summed E-state index contributed by atoms with van der Waals surface area (Å²) in [6.07, 6.45) is -0.644. The van der Waals surface area contributed by atoms with E-state index in [0.29, 0.717) is 0 Å². The first-order valence-electron chi connectivity index (χ1n) is 7.79. The number of carboxylic acids is 1. The smallest absolute Gasteiger partial charge is 0.342 e. The van der Waals surface area contributed by atoms with E-state index >= 15 is 0 Å². The number of esters is 1. The van der Waals surface area contributed by atoms with Crippen molar-refractivity contribution >= 4 is 19.5 Å². The highest BCUT2D eigenvalue weighted by Crippen LogP contribution is 2.46. The lowest BCUT2D eigenvalue weighted by molar-refractivity contribution is -0.149. The van der Waals surface area contributed by atoms with E-state index in [1.807, 2.05) is 0 Å². The predicted octanol–water partition coefficient (Wildman–Crippen LogP) is 2.50. The molecule has 1 aromatic carbocycles. The number of carboxylic acid groups (broad SMARTS) is 1. The summed E-state index contributed by atoms with van der Waals surface area (Å²) in [5.74, 6) is -1.60. The molecule has 0 saturated carbocycles. The van der Waals surface area contributed by atoms with Crippen LogP contribution in [0.15, 0.2) is 18.2 Å². The van der Waals surface area contributed by atoms with Crippen LogP contribution in [-0.4, -0.2) is 49.8 Å². The molecular weight excluding hydrogens is 365 g/mol. The van der Waals surface area contributed by atoms with Crippen LogP contribution in [0.3, 0.4) is 0 Å². The van der Waals surface area contributed by atoms with Gasteiger partial charge in [-0.25, -0.2) is 9.88 Å². The van der Waals surface area contributed by atoms with Crippen LogP contribution in [0.5, 0.6) is 11.5 Å². The summed E-state index contributed by atoms with van der Waals surface area (Å²) in [4.78, 5) is 23.0. The number of carbonyl (C=O) groups is 2. The summed E-state index contributed by atoms with van der Waals surface area (Å²) in [7, 11) is -1.02. The molecule has 10 heteroatoms. The quantitative estimate of drug-likeness (QED) is 0.459. The molecule has 26 heavy (non-hydrogen) atoms. The van der Waals surface area contributed by atoms with Crippen molar-refractivity contribution in [3.8, 4) is 11.5 Å². The number of hydrogen-bond donors (Lipinski definition) is 2. The fourth-order valence-electron chi connectivity index (χ4n) is 1.98. The van der Waals surface area contributed by atoms with Gasteiger partial charge in [-0.3, -0.25) is 9.36 Å². The molecule has 9 nitrogen and oxygen atoms in total. The Morgan fingerprint density at radius 2 is 1.85 bits per heavy atom. The molecule has 0 heterocycles. The van der Waals surface area contributed by atoms with Crippen LogP contribution in [-0.2, 0) is 18.8 Å². The Hall–Kier alpha value is -2.09. The summed E-state index contributed by atoms with van der Waals surface area (Å²) >= 11 is 0. The van der Waals surface area contributed by atoms with Crippen LogP contribution in [0.2, 0.25) is 0 Å². The van der Waals surface area contributed by atoms with Crippen LogP contribution in [0.4, 0.5) is 0 Å². The Morgan fingerprint density at radius 1 is 1.19 bits per heavy atom. The Morgan fingerprint density at radius 3 is 2.35 bits per heavy atom. The van der Waals surface area contributed by atoms with Gasteiger partial charge in [-0.05, 0) is 39.0 Å². The third-order valence-corrected chi connectivity index (χ3v) is 4.92. The van der Waals surface area contributed by atoms with Gasteiger partial charge in [0.25, 0.3) is 0 Å². The lowest BCUT2D eigenvalue weighted by Gasteiger charge is -2.24. The molecule has 146 valence electrons. The maximum atomic E-state index is 13.0. The molecule has 0 bridgehead atoms. The molecule has 0 amide bonds. The van der Waals surface area contributed by atoms with E-state index in [1.54, 1.807) is 13.8 Å². The van der Waals surface area contributed by atoms with Crippen molar-refractivity contribution in [1.82, 2.24) is 5.09 Å². The second kappa shape index (κ2) is 9.56. The van der Waals surface area contributed by atoms with Gasteiger partial charge in [0.15, 0.2) is 11.5 Å². The average Bonchev–Trinajstić information content (AvgIpc) is 2.54. The normalized spacial score (nSPS) is 14.4. The van der Waals surface area contributed by atoms with Gasteiger partial charge < -0.3 is 23.8 Å². The predicted molar refractivity (Wildman–Crippen MR) is 93.9 cm³/mol. The zero-order valence-electron chi connectivity index (χ0n) is 15.3. The number of nitrogens with one attached hydrogen (secondary N) is 1. The Bertz CT molecular complexity index is 691. The second-order valence-electron chi connectivity index (χ2n) is 5.69. The lowest BCUT2D eigenvalue weighted by Crippen LogP contribution is -2.36.